The van der Waals surface area contributed by atoms with E-state index in [-0.39, 0.29) is 29.3 Å². The van der Waals surface area contributed by atoms with Crippen molar-refractivity contribution in [1.82, 2.24) is 5.43 Å². The summed E-state index contributed by atoms with van der Waals surface area (Å²) in [5.41, 5.74) is 5.22. The molecule has 7 heteroatoms. The zero-order chi connectivity index (χ0) is 21.6. The summed E-state index contributed by atoms with van der Waals surface area (Å²) in [5.74, 6) is 0.658. The van der Waals surface area contributed by atoms with Crippen LogP contribution in [0.15, 0.2) is 35.4 Å². The van der Waals surface area contributed by atoms with Gasteiger partial charge in [-0.1, -0.05) is 32.9 Å². The Kier molecular flexibility index (Phi) is 7.09. The maximum Gasteiger partial charge on any atom is 0.277 e. The highest BCUT2D eigenvalue weighted by molar-refractivity contribution is 5.84. The van der Waals surface area contributed by atoms with Gasteiger partial charge in [-0.2, -0.15) is 5.10 Å². The first-order chi connectivity index (χ1) is 13.7. The molecule has 7 nitrogen and oxygen atoms in total. The highest BCUT2D eigenvalue weighted by Crippen LogP contribution is 2.36. The van der Waals surface area contributed by atoms with Crippen LogP contribution in [0.3, 0.4) is 0 Å². The molecule has 2 rings (SSSR count). The van der Waals surface area contributed by atoms with Gasteiger partial charge >= 0.3 is 0 Å². The summed E-state index contributed by atoms with van der Waals surface area (Å²) in [5, 5.41) is 13.8. The van der Waals surface area contributed by atoms with Gasteiger partial charge in [0.25, 0.3) is 5.91 Å². The Morgan fingerprint density at radius 3 is 2.24 bits per heavy atom. The zero-order valence-electron chi connectivity index (χ0n) is 17.7. The van der Waals surface area contributed by atoms with Gasteiger partial charge < -0.3 is 19.3 Å². The molecule has 0 radical (unpaired) electrons. The van der Waals surface area contributed by atoms with E-state index in [1.54, 1.807) is 12.1 Å². The molecule has 0 unspecified atom stereocenters. The average Bonchev–Trinajstić information content (AvgIpc) is 2.67. The summed E-state index contributed by atoms with van der Waals surface area (Å²) < 4.78 is 15.8. The number of aromatic hydroxyl groups is 1. The lowest BCUT2D eigenvalue weighted by Gasteiger charge is -2.20. The minimum Gasteiger partial charge on any atom is -0.502 e. The lowest BCUT2D eigenvalue weighted by atomic mass is 9.86. The predicted molar refractivity (Wildman–Crippen MR) is 112 cm³/mol. The number of rotatable bonds is 7. The molecule has 156 valence electrons. The average molecular weight is 400 g/mol. The highest BCUT2D eigenvalue weighted by atomic mass is 16.5. The van der Waals surface area contributed by atoms with Crippen molar-refractivity contribution in [3.05, 3.63) is 47.0 Å². The molecule has 0 saturated carbocycles. The number of nitrogens with one attached hydrogen (secondary N) is 1. The quantitative estimate of drug-likeness (QED) is 0.548. The number of carbonyl (C=O) groups excluding carboxylic acids is 1. The first kappa shape index (κ1) is 22.1. The predicted octanol–water partition coefficient (Wildman–Crippen LogP) is 3.54. The number of phenols is 1. The van der Waals surface area contributed by atoms with Gasteiger partial charge in [0.1, 0.15) is 5.75 Å². The molecule has 2 aromatic rings. The Labute approximate surface area is 171 Å². The Hall–Kier alpha value is -3.22. The van der Waals surface area contributed by atoms with Crippen molar-refractivity contribution >= 4 is 12.1 Å². The number of carbonyl (C=O) groups is 1. The molecule has 0 saturated heterocycles. The molecule has 1 amide bonds. The molecule has 0 bridgehead atoms. The van der Waals surface area contributed by atoms with E-state index in [9.17, 15) is 9.90 Å². The summed E-state index contributed by atoms with van der Waals surface area (Å²) in [7, 11) is 2.87. The summed E-state index contributed by atoms with van der Waals surface area (Å²) >= 11 is 0. The van der Waals surface area contributed by atoms with Crippen molar-refractivity contribution in [2.75, 3.05) is 20.8 Å². The van der Waals surface area contributed by atoms with Crippen LogP contribution in [0.2, 0.25) is 0 Å². The van der Waals surface area contributed by atoms with Crippen LogP contribution < -0.4 is 19.6 Å². The third-order valence-electron chi connectivity index (χ3n) is 4.30. The van der Waals surface area contributed by atoms with Gasteiger partial charge in [-0.15, -0.1) is 0 Å². The Bertz CT molecular complexity index is 876. The zero-order valence-corrected chi connectivity index (χ0v) is 17.7. The van der Waals surface area contributed by atoms with E-state index >= 15 is 0 Å². The number of hydrazone groups is 1. The third-order valence-corrected chi connectivity index (χ3v) is 4.30. The number of aryl methyl sites for hydroxylation is 1. The second kappa shape index (κ2) is 9.32. The van der Waals surface area contributed by atoms with Crippen molar-refractivity contribution in [3.8, 4) is 23.0 Å². The SMILES string of the molecule is COc1cc(C=NNC(=O)COc2ccc(C(C)(C)C)cc2C)cc(OC)c1O. The molecule has 29 heavy (non-hydrogen) atoms. The lowest BCUT2D eigenvalue weighted by molar-refractivity contribution is -0.123. The standard InChI is InChI=1S/C22H28N2O5/c1-14-9-16(22(2,3)4)7-8-17(14)29-13-20(25)24-23-12-15-10-18(27-5)21(26)19(11-15)28-6/h7-12,26H,13H2,1-6H3,(H,24,25). The van der Waals surface area contributed by atoms with E-state index in [2.05, 4.69) is 37.4 Å². The lowest BCUT2D eigenvalue weighted by Crippen LogP contribution is -2.24. The molecular formula is C22H28N2O5. The first-order valence-electron chi connectivity index (χ1n) is 9.16. The van der Waals surface area contributed by atoms with Crippen molar-refractivity contribution in [3.63, 3.8) is 0 Å². The van der Waals surface area contributed by atoms with E-state index in [0.717, 1.165) is 5.56 Å². The van der Waals surface area contributed by atoms with Gasteiger partial charge in [-0.25, -0.2) is 5.43 Å². The Balaban J connectivity index is 1.95. The summed E-state index contributed by atoms with van der Waals surface area (Å²) in [4.78, 5) is 12.0. The van der Waals surface area contributed by atoms with Crippen LogP contribution in [0.25, 0.3) is 0 Å². The van der Waals surface area contributed by atoms with E-state index in [1.165, 1.54) is 26.0 Å². The van der Waals surface area contributed by atoms with E-state index < -0.39 is 5.91 Å². The molecule has 2 N–H and O–H groups in total. The largest absolute Gasteiger partial charge is 0.502 e. The molecule has 0 spiro atoms. The number of hydrogen-bond donors (Lipinski definition) is 2. The molecule has 0 aromatic heterocycles. The molecule has 0 aliphatic heterocycles. The van der Waals surface area contributed by atoms with Gasteiger partial charge in [0.15, 0.2) is 18.1 Å². The van der Waals surface area contributed by atoms with Gasteiger partial charge in [-0.3, -0.25) is 4.79 Å². The maximum atomic E-state index is 12.0. The van der Waals surface area contributed by atoms with Gasteiger partial charge in [0, 0.05) is 5.56 Å². The number of amides is 1. The van der Waals surface area contributed by atoms with Crippen molar-refractivity contribution in [1.29, 1.82) is 0 Å². The fourth-order valence-electron chi connectivity index (χ4n) is 2.62. The monoisotopic (exact) mass is 400 g/mol. The van der Waals surface area contributed by atoms with Crippen LogP contribution in [-0.4, -0.2) is 38.1 Å². The van der Waals surface area contributed by atoms with Crippen LogP contribution in [0.5, 0.6) is 23.0 Å². The second-order valence-electron chi connectivity index (χ2n) is 7.59. The van der Waals surface area contributed by atoms with E-state index in [1.807, 2.05) is 19.1 Å². The summed E-state index contributed by atoms with van der Waals surface area (Å²) in [6.45, 7) is 8.23. The number of ether oxygens (including phenoxy) is 3. The number of benzene rings is 2. The number of phenolic OH excluding ortho intramolecular Hbond substituents is 1. The third kappa shape index (κ3) is 5.88. The maximum absolute atomic E-state index is 12.0. The van der Waals surface area contributed by atoms with Gasteiger partial charge in [0.05, 0.1) is 20.4 Å². The van der Waals surface area contributed by atoms with Crippen molar-refractivity contribution in [2.45, 2.75) is 33.1 Å². The van der Waals surface area contributed by atoms with Gasteiger partial charge in [0.2, 0.25) is 5.75 Å². The minimum absolute atomic E-state index is 0.0506. The molecule has 0 heterocycles. The number of nitrogens with zero attached hydrogens (tertiary/aromatic N) is 1. The summed E-state index contributed by atoms with van der Waals surface area (Å²) in [6.07, 6.45) is 1.42. The molecule has 0 aliphatic carbocycles. The summed E-state index contributed by atoms with van der Waals surface area (Å²) in [6, 6.07) is 9.09. The van der Waals surface area contributed by atoms with Crippen LogP contribution >= 0.6 is 0 Å². The minimum atomic E-state index is -0.391. The van der Waals surface area contributed by atoms with Gasteiger partial charge in [-0.05, 0) is 41.7 Å². The van der Waals surface area contributed by atoms with Crippen molar-refractivity contribution < 1.29 is 24.1 Å². The topological polar surface area (TPSA) is 89.4 Å². The fourth-order valence-corrected chi connectivity index (χ4v) is 2.62. The number of methoxy groups -OCH3 is 2. The molecule has 0 fully saturated rings. The first-order valence-corrected chi connectivity index (χ1v) is 9.16. The highest BCUT2D eigenvalue weighted by Gasteiger charge is 2.15. The van der Waals surface area contributed by atoms with Crippen LogP contribution in [0, 0.1) is 6.92 Å². The molecule has 0 atom stereocenters. The molecule has 2 aromatic carbocycles. The fraction of sp³-hybridized carbons (Fsp3) is 0.364. The normalized spacial score (nSPS) is 11.4. The smallest absolute Gasteiger partial charge is 0.277 e. The van der Waals surface area contributed by atoms with Crippen molar-refractivity contribution in [2.24, 2.45) is 5.10 Å². The van der Waals surface area contributed by atoms with Crippen LogP contribution in [0.1, 0.15) is 37.5 Å². The Morgan fingerprint density at radius 1 is 1.10 bits per heavy atom. The van der Waals surface area contributed by atoms with E-state index in [0.29, 0.717) is 11.3 Å². The van der Waals surface area contributed by atoms with Crippen LogP contribution in [-0.2, 0) is 10.2 Å². The Morgan fingerprint density at radius 2 is 1.72 bits per heavy atom. The second-order valence-corrected chi connectivity index (χ2v) is 7.59. The number of hydrogen-bond acceptors (Lipinski definition) is 6. The van der Waals surface area contributed by atoms with E-state index in [4.69, 9.17) is 14.2 Å². The van der Waals surface area contributed by atoms with Crippen LogP contribution in [0.4, 0.5) is 0 Å². The molecular weight excluding hydrogens is 372 g/mol. The molecule has 0 aliphatic rings.